The average molecular weight is 265 g/mol. The highest BCUT2D eigenvalue weighted by molar-refractivity contribution is 7.15. The highest BCUT2D eigenvalue weighted by atomic mass is 32.1. The SMILES string of the molecule is Cc1nc2sccn2c1CNOCC(F)(F)F. The Bertz CT molecular complexity index is 505. The van der Waals surface area contributed by atoms with Crippen LogP contribution in [0.5, 0.6) is 0 Å². The molecule has 2 aromatic heterocycles. The first-order chi connectivity index (χ1) is 7.97. The molecule has 0 saturated carbocycles. The van der Waals surface area contributed by atoms with Crippen LogP contribution >= 0.6 is 11.3 Å². The number of hydrogen-bond donors (Lipinski definition) is 1. The highest BCUT2D eigenvalue weighted by Crippen LogP contribution is 2.17. The Morgan fingerprint density at radius 2 is 2.29 bits per heavy atom. The number of halogens is 3. The zero-order valence-electron chi connectivity index (χ0n) is 8.91. The van der Waals surface area contributed by atoms with Crippen LogP contribution in [0, 0.1) is 6.92 Å². The minimum Gasteiger partial charge on any atom is -0.293 e. The van der Waals surface area contributed by atoms with Crippen LogP contribution in [0.2, 0.25) is 0 Å². The van der Waals surface area contributed by atoms with Crippen molar-refractivity contribution in [1.82, 2.24) is 14.9 Å². The lowest BCUT2D eigenvalue weighted by Crippen LogP contribution is -2.25. The molecule has 0 fully saturated rings. The Balaban J connectivity index is 1.94. The van der Waals surface area contributed by atoms with Crippen molar-refractivity contribution in [2.75, 3.05) is 6.61 Å². The van der Waals surface area contributed by atoms with Crippen molar-refractivity contribution < 1.29 is 18.0 Å². The summed E-state index contributed by atoms with van der Waals surface area (Å²) in [5.41, 5.74) is 3.86. The fourth-order valence-corrected chi connectivity index (χ4v) is 2.18. The van der Waals surface area contributed by atoms with Gasteiger partial charge in [-0.3, -0.25) is 9.24 Å². The molecule has 2 aromatic rings. The summed E-state index contributed by atoms with van der Waals surface area (Å²) in [7, 11) is 0. The van der Waals surface area contributed by atoms with Gasteiger partial charge in [0.25, 0.3) is 0 Å². The Morgan fingerprint density at radius 1 is 1.53 bits per heavy atom. The first-order valence-electron chi connectivity index (χ1n) is 4.80. The maximum Gasteiger partial charge on any atom is 0.413 e. The molecule has 2 rings (SSSR count). The molecule has 0 aliphatic carbocycles. The number of thiazole rings is 1. The fourth-order valence-electron chi connectivity index (χ4n) is 1.41. The number of imidazole rings is 1. The quantitative estimate of drug-likeness (QED) is 0.681. The van der Waals surface area contributed by atoms with Gasteiger partial charge >= 0.3 is 6.18 Å². The van der Waals surface area contributed by atoms with Crippen molar-refractivity contribution >= 4 is 16.3 Å². The second-order valence-electron chi connectivity index (χ2n) is 3.42. The molecule has 0 spiro atoms. The van der Waals surface area contributed by atoms with Gasteiger partial charge in [0.05, 0.1) is 17.9 Å². The van der Waals surface area contributed by atoms with Crippen LogP contribution in [0.25, 0.3) is 4.96 Å². The maximum absolute atomic E-state index is 11.8. The normalized spacial score (nSPS) is 12.5. The maximum atomic E-state index is 11.8. The van der Waals surface area contributed by atoms with E-state index in [1.54, 1.807) is 6.92 Å². The first kappa shape index (κ1) is 12.3. The third kappa shape index (κ3) is 2.96. The minimum absolute atomic E-state index is 0.180. The van der Waals surface area contributed by atoms with Crippen LogP contribution in [0.15, 0.2) is 11.6 Å². The smallest absolute Gasteiger partial charge is 0.293 e. The predicted octanol–water partition coefficient (Wildman–Crippen LogP) is 2.29. The lowest BCUT2D eigenvalue weighted by Gasteiger charge is -2.08. The molecule has 0 amide bonds. The third-order valence-corrected chi connectivity index (χ3v) is 2.90. The summed E-state index contributed by atoms with van der Waals surface area (Å²) in [5, 5.41) is 1.86. The van der Waals surface area contributed by atoms with E-state index in [2.05, 4.69) is 15.3 Å². The van der Waals surface area contributed by atoms with E-state index in [0.717, 1.165) is 16.3 Å². The molecule has 0 saturated heterocycles. The highest BCUT2D eigenvalue weighted by Gasteiger charge is 2.27. The molecule has 4 nitrogen and oxygen atoms in total. The zero-order valence-corrected chi connectivity index (χ0v) is 9.73. The number of nitrogens with one attached hydrogen (secondary N) is 1. The number of alkyl halides is 3. The molecule has 0 aliphatic rings. The number of nitrogens with zero attached hydrogens (tertiary/aromatic N) is 2. The lowest BCUT2D eigenvalue weighted by molar-refractivity contribution is -0.190. The van der Waals surface area contributed by atoms with Gasteiger partial charge in [0.15, 0.2) is 11.6 Å². The summed E-state index contributed by atoms with van der Waals surface area (Å²) in [6.45, 7) is 0.679. The topological polar surface area (TPSA) is 38.6 Å². The largest absolute Gasteiger partial charge is 0.413 e. The van der Waals surface area contributed by atoms with Crippen molar-refractivity contribution in [2.45, 2.75) is 19.6 Å². The number of hydrogen-bond acceptors (Lipinski definition) is 4. The van der Waals surface area contributed by atoms with Crippen LogP contribution in [-0.2, 0) is 11.4 Å². The summed E-state index contributed by atoms with van der Waals surface area (Å²) >= 11 is 1.47. The molecule has 8 heteroatoms. The summed E-state index contributed by atoms with van der Waals surface area (Å²) < 4.78 is 37.3. The van der Waals surface area contributed by atoms with Crippen LogP contribution in [0.3, 0.4) is 0 Å². The fraction of sp³-hybridized carbons (Fsp3) is 0.444. The second-order valence-corrected chi connectivity index (χ2v) is 4.30. The van der Waals surface area contributed by atoms with Gasteiger partial charge in [-0.25, -0.2) is 4.98 Å². The second kappa shape index (κ2) is 4.63. The Morgan fingerprint density at radius 3 is 3.00 bits per heavy atom. The third-order valence-electron chi connectivity index (χ3n) is 2.14. The van der Waals surface area contributed by atoms with Crippen LogP contribution in [-0.4, -0.2) is 22.2 Å². The summed E-state index contributed by atoms with van der Waals surface area (Å²) in [6.07, 6.45) is -2.50. The van der Waals surface area contributed by atoms with E-state index >= 15 is 0 Å². The number of fused-ring (bicyclic) bond motifs is 1. The van der Waals surface area contributed by atoms with Gasteiger partial charge in [0.2, 0.25) is 0 Å². The van der Waals surface area contributed by atoms with Gasteiger partial charge in [-0.1, -0.05) is 0 Å². The molecule has 94 valence electrons. The molecule has 0 radical (unpaired) electrons. The minimum atomic E-state index is -4.32. The van der Waals surface area contributed by atoms with E-state index in [9.17, 15) is 13.2 Å². The Kier molecular flexibility index (Phi) is 3.36. The molecule has 0 atom stereocenters. The van der Waals surface area contributed by atoms with Crippen LogP contribution < -0.4 is 5.48 Å². The summed E-state index contributed by atoms with van der Waals surface area (Å²) in [6, 6.07) is 0. The Labute approximate surface area is 99.0 Å². The van der Waals surface area contributed by atoms with E-state index in [0.29, 0.717) is 0 Å². The Hall–Kier alpha value is -1.12. The first-order valence-corrected chi connectivity index (χ1v) is 5.68. The molecule has 2 heterocycles. The standard InChI is InChI=1S/C9H10F3N3OS/c1-6-7(4-13-16-5-9(10,11)12)15-2-3-17-8(15)14-6/h2-3,13H,4-5H2,1H3. The lowest BCUT2D eigenvalue weighted by atomic mass is 10.3. The molecule has 1 N–H and O–H groups in total. The van der Waals surface area contributed by atoms with Crippen molar-refractivity contribution in [2.24, 2.45) is 0 Å². The monoisotopic (exact) mass is 265 g/mol. The van der Waals surface area contributed by atoms with Gasteiger partial charge in [-0.05, 0) is 6.92 Å². The van der Waals surface area contributed by atoms with Crippen molar-refractivity contribution in [1.29, 1.82) is 0 Å². The number of rotatable bonds is 4. The molecule has 0 aliphatic heterocycles. The average Bonchev–Trinajstić information content (AvgIpc) is 2.73. The van der Waals surface area contributed by atoms with Gasteiger partial charge < -0.3 is 0 Å². The predicted molar refractivity (Wildman–Crippen MR) is 56.7 cm³/mol. The van der Waals surface area contributed by atoms with Crippen molar-refractivity contribution in [3.8, 4) is 0 Å². The molecule has 0 bridgehead atoms. The van der Waals surface area contributed by atoms with E-state index in [4.69, 9.17) is 0 Å². The van der Waals surface area contributed by atoms with Gasteiger partial charge in [0.1, 0.15) is 0 Å². The molecular weight excluding hydrogens is 255 g/mol. The number of aromatic nitrogens is 2. The van der Waals surface area contributed by atoms with Crippen molar-refractivity contribution in [3.63, 3.8) is 0 Å². The van der Waals surface area contributed by atoms with E-state index in [-0.39, 0.29) is 6.54 Å². The zero-order chi connectivity index (χ0) is 12.5. The summed E-state index contributed by atoms with van der Waals surface area (Å²) in [5.74, 6) is 0. The summed E-state index contributed by atoms with van der Waals surface area (Å²) in [4.78, 5) is 9.42. The van der Waals surface area contributed by atoms with E-state index in [1.165, 1.54) is 11.3 Å². The van der Waals surface area contributed by atoms with E-state index in [1.807, 2.05) is 16.0 Å². The molecule has 0 unspecified atom stereocenters. The van der Waals surface area contributed by atoms with Crippen LogP contribution in [0.1, 0.15) is 11.4 Å². The molecule has 17 heavy (non-hydrogen) atoms. The van der Waals surface area contributed by atoms with Gasteiger partial charge in [-0.15, -0.1) is 11.3 Å². The van der Waals surface area contributed by atoms with E-state index < -0.39 is 12.8 Å². The number of hydroxylamine groups is 1. The molecular formula is C9H10F3N3OS. The number of aryl methyl sites for hydroxylation is 1. The molecule has 0 aromatic carbocycles. The van der Waals surface area contributed by atoms with Gasteiger partial charge in [0, 0.05) is 11.6 Å². The van der Waals surface area contributed by atoms with Crippen molar-refractivity contribution in [3.05, 3.63) is 23.0 Å². The van der Waals surface area contributed by atoms with Gasteiger partial charge in [-0.2, -0.15) is 18.7 Å². The van der Waals surface area contributed by atoms with Crippen LogP contribution in [0.4, 0.5) is 13.2 Å².